The molecule has 0 saturated heterocycles. The molecule has 1 amide bonds. The van der Waals surface area contributed by atoms with Gasteiger partial charge in [0.15, 0.2) is 0 Å². The molecule has 0 radical (unpaired) electrons. The zero-order valence-electron chi connectivity index (χ0n) is 15.5. The molecule has 8 nitrogen and oxygen atoms in total. The van der Waals surface area contributed by atoms with Crippen molar-refractivity contribution in [3.05, 3.63) is 53.7 Å². The van der Waals surface area contributed by atoms with E-state index in [2.05, 4.69) is 25.3 Å². The van der Waals surface area contributed by atoms with E-state index < -0.39 is 21.8 Å². The zero-order valence-corrected chi connectivity index (χ0v) is 16.3. The van der Waals surface area contributed by atoms with Gasteiger partial charge in [0.1, 0.15) is 11.7 Å². The van der Waals surface area contributed by atoms with Gasteiger partial charge >= 0.3 is 6.18 Å². The maximum Gasteiger partial charge on any atom is 0.419 e. The Morgan fingerprint density at radius 1 is 1.13 bits per heavy atom. The lowest BCUT2D eigenvalue weighted by atomic mass is 10.2. The van der Waals surface area contributed by atoms with Crippen molar-refractivity contribution in [1.82, 2.24) is 15.0 Å². The molecule has 0 spiro atoms. The van der Waals surface area contributed by atoms with Crippen LogP contribution in [0.15, 0.2) is 52.5 Å². The standard InChI is InChI=1S/C18H18F3N5O3S/c19-18(20,21)13-5-3-8-23-17(13)25-11-10-22-15(27)7-9-24-16-12-4-1-2-6-14(12)30(28,29)26-16/h1-6,8H,7,9-11H2,(H,22,27)(H,23,25)(H,24,26). The van der Waals surface area contributed by atoms with E-state index in [1.807, 2.05) is 0 Å². The molecule has 3 rings (SSSR count). The number of aromatic nitrogens is 1. The summed E-state index contributed by atoms with van der Waals surface area (Å²) in [6.45, 7) is 0.177. The number of rotatable bonds is 7. The number of alkyl halides is 3. The summed E-state index contributed by atoms with van der Waals surface area (Å²) in [5.74, 6) is -0.500. The number of benzene rings is 1. The van der Waals surface area contributed by atoms with Gasteiger partial charge in [-0.05, 0) is 24.3 Å². The number of carbonyl (C=O) groups is 1. The van der Waals surface area contributed by atoms with Gasteiger partial charge in [-0.3, -0.25) is 14.5 Å². The van der Waals surface area contributed by atoms with Gasteiger partial charge in [0.25, 0.3) is 10.0 Å². The molecule has 1 aromatic carbocycles. The molecule has 1 aliphatic rings. The van der Waals surface area contributed by atoms with Gasteiger partial charge in [0.05, 0.1) is 17.0 Å². The molecule has 0 saturated carbocycles. The van der Waals surface area contributed by atoms with Gasteiger partial charge in [0, 0.05) is 31.3 Å². The highest BCUT2D eigenvalue weighted by Crippen LogP contribution is 2.33. The van der Waals surface area contributed by atoms with Gasteiger partial charge in [-0.15, -0.1) is 0 Å². The fourth-order valence-electron chi connectivity index (χ4n) is 2.77. The van der Waals surface area contributed by atoms with Crippen molar-refractivity contribution in [2.75, 3.05) is 25.0 Å². The molecule has 0 unspecified atom stereocenters. The number of hydrogen-bond acceptors (Lipinski definition) is 6. The van der Waals surface area contributed by atoms with E-state index in [1.165, 1.54) is 18.3 Å². The Labute approximate surface area is 170 Å². The first-order valence-electron chi connectivity index (χ1n) is 8.88. The first-order valence-corrected chi connectivity index (χ1v) is 10.4. The van der Waals surface area contributed by atoms with Crippen molar-refractivity contribution < 1.29 is 26.4 Å². The van der Waals surface area contributed by atoms with Crippen LogP contribution in [0, 0.1) is 0 Å². The number of amides is 1. The van der Waals surface area contributed by atoms with Crippen LogP contribution in [0.25, 0.3) is 0 Å². The van der Waals surface area contributed by atoms with Crippen LogP contribution in [-0.2, 0) is 21.0 Å². The molecule has 0 atom stereocenters. The summed E-state index contributed by atoms with van der Waals surface area (Å²) >= 11 is 0. The SMILES string of the molecule is O=C(CCN=C1NS(=O)(=O)c2ccccc21)NCCNc1ncccc1C(F)(F)F. The van der Waals surface area contributed by atoms with Crippen LogP contribution < -0.4 is 15.4 Å². The minimum Gasteiger partial charge on any atom is -0.368 e. The average molecular weight is 441 g/mol. The Bertz CT molecular complexity index is 1070. The molecule has 30 heavy (non-hydrogen) atoms. The van der Waals surface area contributed by atoms with Crippen LogP contribution in [-0.4, -0.2) is 44.8 Å². The summed E-state index contributed by atoms with van der Waals surface area (Å²) in [4.78, 5) is 19.8. The predicted molar refractivity (Wildman–Crippen MR) is 104 cm³/mol. The van der Waals surface area contributed by atoms with Crippen molar-refractivity contribution in [2.45, 2.75) is 17.5 Å². The number of pyridine rings is 1. The predicted octanol–water partition coefficient (Wildman–Crippen LogP) is 1.76. The van der Waals surface area contributed by atoms with E-state index in [9.17, 15) is 26.4 Å². The normalized spacial score (nSPS) is 16.0. The first-order chi connectivity index (χ1) is 14.2. The fourth-order valence-corrected chi connectivity index (χ4v) is 4.02. The molecular formula is C18H18F3N5O3S. The van der Waals surface area contributed by atoms with Crippen LogP contribution in [0.3, 0.4) is 0 Å². The van der Waals surface area contributed by atoms with Crippen LogP contribution in [0.1, 0.15) is 17.5 Å². The van der Waals surface area contributed by atoms with Gasteiger partial charge in [-0.1, -0.05) is 12.1 Å². The van der Waals surface area contributed by atoms with Crippen molar-refractivity contribution in [3.63, 3.8) is 0 Å². The molecule has 2 heterocycles. The van der Waals surface area contributed by atoms with Crippen LogP contribution >= 0.6 is 0 Å². The number of halogens is 3. The second-order valence-electron chi connectivity index (χ2n) is 6.26. The van der Waals surface area contributed by atoms with E-state index in [1.54, 1.807) is 18.2 Å². The van der Waals surface area contributed by atoms with Gasteiger partial charge in [-0.25, -0.2) is 13.4 Å². The third kappa shape index (κ3) is 5.06. The number of nitrogens with zero attached hydrogens (tertiary/aromatic N) is 2. The Morgan fingerprint density at radius 3 is 2.67 bits per heavy atom. The highest BCUT2D eigenvalue weighted by atomic mass is 32.2. The highest BCUT2D eigenvalue weighted by Gasteiger charge is 2.34. The minimum absolute atomic E-state index is 0.00914. The molecule has 3 N–H and O–H groups in total. The lowest BCUT2D eigenvalue weighted by molar-refractivity contribution is -0.137. The maximum atomic E-state index is 12.9. The first kappa shape index (κ1) is 21.6. The summed E-state index contributed by atoms with van der Waals surface area (Å²) in [6, 6.07) is 8.48. The summed E-state index contributed by atoms with van der Waals surface area (Å²) in [5, 5.41) is 5.10. The van der Waals surface area contributed by atoms with E-state index in [4.69, 9.17) is 0 Å². The monoisotopic (exact) mass is 441 g/mol. The summed E-state index contributed by atoms with van der Waals surface area (Å²) in [7, 11) is -3.64. The molecule has 12 heteroatoms. The lowest BCUT2D eigenvalue weighted by Gasteiger charge is -2.13. The number of anilines is 1. The van der Waals surface area contributed by atoms with Gasteiger partial charge in [0.2, 0.25) is 5.91 Å². The Kier molecular flexibility index (Phi) is 6.25. The maximum absolute atomic E-state index is 12.9. The lowest BCUT2D eigenvalue weighted by Crippen LogP contribution is -2.30. The number of amidine groups is 1. The van der Waals surface area contributed by atoms with E-state index in [0.717, 1.165) is 6.07 Å². The number of carbonyl (C=O) groups excluding carboxylic acids is 1. The zero-order chi connectivity index (χ0) is 21.8. The second kappa shape index (κ2) is 8.69. The smallest absolute Gasteiger partial charge is 0.368 e. The number of hydrogen-bond donors (Lipinski definition) is 3. The van der Waals surface area contributed by atoms with E-state index in [0.29, 0.717) is 5.56 Å². The Balaban J connectivity index is 1.45. The molecule has 1 aromatic heterocycles. The van der Waals surface area contributed by atoms with Crippen LogP contribution in [0.2, 0.25) is 0 Å². The molecule has 0 bridgehead atoms. The van der Waals surface area contributed by atoms with Crippen molar-refractivity contribution >= 4 is 27.6 Å². The topological polar surface area (TPSA) is 113 Å². The third-order valence-corrected chi connectivity index (χ3v) is 5.52. The van der Waals surface area contributed by atoms with Gasteiger partial charge in [-0.2, -0.15) is 13.2 Å². The molecule has 160 valence electrons. The number of aliphatic imine (C=N–C) groups is 1. The highest BCUT2D eigenvalue weighted by molar-refractivity contribution is 7.90. The molecule has 1 aliphatic heterocycles. The number of nitrogens with one attached hydrogen (secondary N) is 3. The average Bonchev–Trinajstić information content (AvgIpc) is 2.95. The molecule has 0 aliphatic carbocycles. The summed E-state index contributed by atoms with van der Waals surface area (Å²) in [6.07, 6.45) is -3.30. The summed E-state index contributed by atoms with van der Waals surface area (Å²) < 4.78 is 65.0. The van der Waals surface area contributed by atoms with Gasteiger partial charge < -0.3 is 10.6 Å². The quantitative estimate of drug-likeness (QED) is 0.567. The van der Waals surface area contributed by atoms with Crippen molar-refractivity contribution in [2.24, 2.45) is 4.99 Å². The fraction of sp³-hybridized carbons (Fsp3) is 0.278. The third-order valence-electron chi connectivity index (χ3n) is 4.12. The minimum atomic E-state index is -4.53. The van der Waals surface area contributed by atoms with Crippen LogP contribution in [0.5, 0.6) is 0 Å². The van der Waals surface area contributed by atoms with Crippen molar-refractivity contribution in [1.29, 1.82) is 0 Å². The molecule has 2 aromatic rings. The van der Waals surface area contributed by atoms with Crippen LogP contribution in [0.4, 0.5) is 19.0 Å². The van der Waals surface area contributed by atoms with E-state index >= 15 is 0 Å². The summed E-state index contributed by atoms with van der Waals surface area (Å²) in [5.41, 5.74) is -0.440. The molecular weight excluding hydrogens is 423 g/mol. The Hall–Kier alpha value is -3.15. The number of sulfonamides is 1. The number of fused-ring (bicyclic) bond motifs is 1. The second-order valence-corrected chi connectivity index (χ2v) is 7.91. The van der Waals surface area contributed by atoms with E-state index in [-0.39, 0.29) is 48.5 Å². The largest absolute Gasteiger partial charge is 0.419 e. The van der Waals surface area contributed by atoms with Crippen molar-refractivity contribution in [3.8, 4) is 0 Å². The Morgan fingerprint density at radius 2 is 1.90 bits per heavy atom. The molecule has 0 fully saturated rings.